The number of nitrogens with zero attached hydrogens (tertiary/aromatic N) is 5. The van der Waals surface area contributed by atoms with Gasteiger partial charge in [0.25, 0.3) is 5.91 Å². The average Bonchev–Trinajstić information content (AvgIpc) is 3.12. The van der Waals surface area contributed by atoms with Gasteiger partial charge in [-0.2, -0.15) is 0 Å². The minimum atomic E-state index is 0.0201. The van der Waals surface area contributed by atoms with Gasteiger partial charge in [-0.05, 0) is 32.9 Å². The molecule has 3 fully saturated rings. The maximum Gasteiger partial charge on any atom is 0.257 e. The Kier molecular flexibility index (Phi) is 5.83. The first-order valence-corrected chi connectivity index (χ1v) is 10.8. The van der Waals surface area contributed by atoms with Gasteiger partial charge in [0, 0.05) is 43.6 Å². The molecule has 2 aliphatic heterocycles. The van der Waals surface area contributed by atoms with Crippen molar-refractivity contribution in [2.24, 2.45) is 0 Å². The average molecular weight is 388 g/mol. The van der Waals surface area contributed by atoms with E-state index in [1.54, 1.807) is 12.4 Å². The molecule has 4 rings (SSSR count). The first kappa shape index (κ1) is 19.6. The molecule has 1 atom stereocenters. The molecule has 0 N–H and O–H groups in total. The molecule has 1 amide bonds. The highest BCUT2D eigenvalue weighted by molar-refractivity contribution is 5.94. The molecule has 154 valence electrons. The van der Waals surface area contributed by atoms with Crippen LogP contribution in [0.2, 0.25) is 0 Å². The summed E-state index contributed by atoms with van der Waals surface area (Å²) in [7, 11) is 2.18. The molecule has 0 bridgehead atoms. The molecular formula is C21H33N5O2. The van der Waals surface area contributed by atoms with Crippen LogP contribution in [0.3, 0.4) is 0 Å². The van der Waals surface area contributed by atoms with Crippen molar-refractivity contribution in [2.45, 2.75) is 57.0 Å². The summed E-state index contributed by atoms with van der Waals surface area (Å²) in [6.45, 7) is 7.02. The Morgan fingerprint density at radius 2 is 1.89 bits per heavy atom. The molecule has 1 aliphatic carbocycles. The predicted octanol–water partition coefficient (Wildman–Crippen LogP) is 2.18. The number of likely N-dealkylation sites (tertiary alicyclic amines) is 1. The third-order valence-corrected chi connectivity index (χ3v) is 6.91. The van der Waals surface area contributed by atoms with Crippen molar-refractivity contribution in [1.82, 2.24) is 19.8 Å². The fourth-order valence-corrected chi connectivity index (χ4v) is 5.07. The van der Waals surface area contributed by atoms with Gasteiger partial charge in [0.2, 0.25) is 5.95 Å². The van der Waals surface area contributed by atoms with Crippen LogP contribution in [0, 0.1) is 0 Å². The van der Waals surface area contributed by atoms with E-state index in [-0.39, 0.29) is 11.4 Å². The zero-order valence-electron chi connectivity index (χ0n) is 17.3. The SMILES string of the molecule is CCN(C)[C@@H]1CN(C(=O)c2cnc(N3CCOCC3)nc2)C2(CCCCC2)C1. The first-order valence-electron chi connectivity index (χ1n) is 10.8. The van der Waals surface area contributed by atoms with Crippen LogP contribution in [0.5, 0.6) is 0 Å². The smallest absolute Gasteiger partial charge is 0.257 e. The van der Waals surface area contributed by atoms with Gasteiger partial charge in [-0.15, -0.1) is 0 Å². The van der Waals surface area contributed by atoms with Crippen LogP contribution in [0.25, 0.3) is 0 Å². The summed E-state index contributed by atoms with van der Waals surface area (Å²) in [5.41, 5.74) is 0.633. The molecule has 1 aromatic rings. The van der Waals surface area contributed by atoms with E-state index in [0.29, 0.717) is 30.8 Å². The van der Waals surface area contributed by atoms with Crippen molar-refractivity contribution in [2.75, 3.05) is 51.3 Å². The Morgan fingerprint density at radius 3 is 2.54 bits per heavy atom. The summed E-state index contributed by atoms with van der Waals surface area (Å²) < 4.78 is 5.39. The molecule has 0 unspecified atom stereocenters. The third kappa shape index (κ3) is 3.74. The fraction of sp³-hybridized carbons (Fsp3) is 0.762. The molecule has 1 saturated carbocycles. The zero-order chi connectivity index (χ0) is 19.6. The summed E-state index contributed by atoms with van der Waals surface area (Å²) in [5.74, 6) is 0.791. The van der Waals surface area contributed by atoms with Crippen molar-refractivity contribution >= 4 is 11.9 Å². The number of hydrogen-bond donors (Lipinski definition) is 0. The molecule has 3 aliphatic rings. The van der Waals surface area contributed by atoms with Crippen molar-refractivity contribution in [3.63, 3.8) is 0 Å². The third-order valence-electron chi connectivity index (χ3n) is 6.91. The van der Waals surface area contributed by atoms with Gasteiger partial charge in [-0.1, -0.05) is 26.2 Å². The van der Waals surface area contributed by atoms with Crippen molar-refractivity contribution in [3.8, 4) is 0 Å². The van der Waals surface area contributed by atoms with Crippen LogP contribution in [0.15, 0.2) is 12.4 Å². The Morgan fingerprint density at radius 1 is 1.21 bits per heavy atom. The van der Waals surface area contributed by atoms with Crippen LogP contribution in [0.1, 0.15) is 55.8 Å². The molecule has 2 saturated heterocycles. The second-order valence-electron chi connectivity index (χ2n) is 8.50. The number of amides is 1. The lowest BCUT2D eigenvalue weighted by Gasteiger charge is -2.41. The van der Waals surface area contributed by atoms with E-state index in [4.69, 9.17) is 4.74 Å². The van der Waals surface area contributed by atoms with Crippen LogP contribution in [0.4, 0.5) is 5.95 Å². The van der Waals surface area contributed by atoms with Gasteiger partial charge in [0.15, 0.2) is 0 Å². The summed E-state index contributed by atoms with van der Waals surface area (Å²) in [4.78, 5) is 29.1. The number of carbonyl (C=O) groups is 1. The molecule has 28 heavy (non-hydrogen) atoms. The summed E-state index contributed by atoms with van der Waals surface area (Å²) in [6, 6.07) is 0.445. The van der Waals surface area contributed by atoms with E-state index < -0.39 is 0 Å². The fourth-order valence-electron chi connectivity index (χ4n) is 5.07. The number of anilines is 1. The van der Waals surface area contributed by atoms with Gasteiger partial charge in [-0.25, -0.2) is 9.97 Å². The lowest BCUT2D eigenvalue weighted by atomic mass is 9.79. The minimum Gasteiger partial charge on any atom is -0.378 e. The maximum atomic E-state index is 13.5. The molecule has 0 aromatic carbocycles. The van der Waals surface area contributed by atoms with Crippen molar-refractivity contribution < 1.29 is 9.53 Å². The highest BCUT2D eigenvalue weighted by atomic mass is 16.5. The Hall–Kier alpha value is -1.73. The molecule has 1 aromatic heterocycles. The van der Waals surface area contributed by atoms with E-state index in [1.807, 2.05) is 0 Å². The monoisotopic (exact) mass is 387 g/mol. The molecular weight excluding hydrogens is 354 g/mol. The van der Waals surface area contributed by atoms with E-state index >= 15 is 0 Å². The number of rotatable bonds is 4. The largest absolute Gasteiger partial charge is 0.378 e. The predicted molar refractivity (Wildman–Crippen MR) is 109 cm³/mol. The van der Waals surface area contributed by atoms with Crippen LogP contribution in [-0.2, 0) is 4.74 Å². The number of carbonyl (C=O) groups excluding carboxylic acids is 1. The van der Waals surface area contributed by atoms with Crippen LogP contribution < -0.4 is 4.90 Å². The number of likely N-dealkylation sites (N-methyl/N-ethyl adjacent to an activating group) is 1. The maximum absolute atomic E-state index is 13.5. The minimum absolute atomic E-state index is 0.0201. The van der Waals surface area contributed by atoms with E-state index in [1.165, 1.54) is 19.3 Å². The van der Waals surface area contributed by atoms with Crippen LogP contribution >= 0.6 is 0 Å². The molecule has 7 heteroatoms. The van der Waals surface area contributed by atoms with Gasteiger partial charge >= 0.3 is 0 Å². The van der Waals surface area contributed by atoms with Gasteiger partial charge < -0.3 is 19.4 Å². The van der Waals surface area contributed by atoms with E-state index in [2.05, 4.69) is 38.6 Å². The Labute approximate surface area is 168 Å². The molecule has 1 spiro atoms. The van der Waals surface area contributed by atoms with Gasteiger partial charge in [0.05, 0.1) is 18.8 Å². The van der Waals surface area contributed by atoms with Crippen LogP contribution in [-0.4, -0.2) is 83.7 Å². The van der Waals surface area contributed by atoms with Crippen molar-refractivity contribution in [3.05, 3.63) is 18.0 Å². The standard InChI is InChI=1S/C21H33N5O2/c1-3-24(2)18-13-21(7-5-4-6-8-21)26(16-18)19(27)17-14-22-20(23-15-17)25-9-11-28-12-10-25/h14-15,18H,3-13,16H2,1-2H3/t18-/m0/s1. The molecule has 3 heterocycles. The molecule has 0 radical (unpaired) electrons. The quantitative estimate of drug-likeness (QED) is 0.789. The number of morpholine rings is 1. The summed E-state index contributed by atoms with van der Waals surface area (Å²) >= 11 is 0. The normalized spacial score (nSPS) is 24.9. The lowest BCUT2D eigenvalue weighted by molar-refractivity contribution is 0.0498. The van der Waals surface area contributed by atoms with Gasteiger partial charge in [0.1, 0.15) is 0 Å². The number of aromatic nitrogens is 2. The highest BCUT2D eigenvalue weighted by Crippen LogP contribution is 2.43. The van der Waals surface area contributed by atoms with Gasteiger partial charge in [-0.3, -0.25) is 4.79 Å². The lowest BCUT2D eigenvalue weighted by Crippen LogP contribution is -2.48. The Bertz CT molecular complexity index is 668. The zero-order valence-corrected chi connectivity index (χ0v) is 17.3. The van der Waals surface area contributed by atoms with Crippen molar-refractivity contribution in [1.29, 1.82) is 0 Å². The summed E-state index contributed by atoms with van der Waals surface area (Å²) in [6.07, 6.45) is 10.5. The second-order valence-corrected chi connectivity index (χ2v) is 8.50. The number of ether oxygens (including phenoxy) is 1. The number of hydrogen-bond acceptors (Lipinski definition) is 6. The van der Waals surface area contributed by atoms with E-state index in [9.17, 15) is 4.79 Å². The topological polar surface area (TPSA) is 61.8 Å². The first-order chi connectivity index (χ1) is 13.6. The Balaban J connectivity index is 1.53. The van der Waals surface area contributed by atoms with E-state index in [0.717, 1.165) is 45.4 Å². The second kappa shape index (κ2) is 8.33. The highest BCUT2D eigenvalue weighted by Gasteiger charge is 2.49. The summed E-state index contributed by atoms with van der Waals surface area (Å²) in [5, 5.41) is 0. The molecule has 7 nitrogen and oxygen atoms in total.